The highest BCUT2D eigenvalue weighted by molar-refractivity contribution is 7.15. The van der Waals surface area contributed by atoms with Crippen molar-refractivity contribution in [3.8, 4) is 0 Å². The summed E-state index contributed by atoms with van der Waals surface area (Å²) in [4.78, 5) is 4.95. The molecule has 102 valence electrons. The number of nitrogens with zero attached hydrogens (tertiary/aromatic N) is 4. The Labute approximate surface area is 114 Å². The summed E-state index contributed by atoms with van der Waals surface area (Å²) in [7, 11) is 0. The van der Waals surface area contributed by atoms with E-state index in [9.17, 15) is 0 Å². The maximum absolute atomic E-state index is 4.34. The zero-order valence-electron chi connectivity index (χ0n) is 11.9. The molecule has 5 heteroatoms. The van der Waals surface area contributed by atoms with E-state index in [2.05, 4.69) is 47.7 Å². The molecule has 1 atom stereocenters. The molecular formula is C13H24N4S. The quantitative estimate of drug-likeness (QED) is 0.839. The van der Waals surface area contributed by atoms with Crippen LogP contribution in [0.1, 0.15) is 39.1 Å². The van der Waals surface area contributed by atoms with Crippen molar-refractivity contribution in [2.45, 2.75) is 52.6 Å². The van der Waals surface area contributed by atoms with Crippen LogP contribution in [0.25, 0.3) is 0 Å². The van der Waals surface area contributed by atoms with E-state index < -0.39 is 0 Å². The zero-order chi connectivity index (χ0) is 13.1. The maximum Gasteiger partial charge on any atom is 0.208 e. The molecule has 1 aromatic heterocycles. The van der Waals surface area contributed by atoms with Crippen LogP contribution < -0.4 is 4.90 Å². The lowest BCUT2D eigenvalue weighted by Crippen LogP contribution is -2.54. The molecule has 1 saturated heterocycles. The molecule has 0 radical (unpaired) electrons. The molecule has 0 aromatic carbocycles. The molecule has 0 bridgehead atoms. The third kappa shape index (κ3) is 3.01. The fourth-order valence-electron chi connectivity index (χ4n) is 2.60. The summed E-state index contributed by atoms with van der Waals surface area (Å²) in [5.41, 5.74) is 0. The van der Waals surface area contributed by atoms with E-state index in [1.54, 1.807) is 11.3 Å². The van der Waals surface area contributed by atoms with Gasteiger partial charge in [0.15, 0.2) is 0 Å². The summed E-state index contributed by atoms with van der Waals surface area (Å²) < 4.78 is 0. The molecule has 0 saturated carbocycles. The van der Waals surface area contributed by atoms with E-state index in [4.69, 9.17) is 0 Å². The Kier molecular flexibility index (Phi) is 4.56. The van der Waals surface area contributed by atoms with Gasteiger partial charge < -0.3 is 4.90 Å². The Bertz CT molecular complexity index is 377. The average molecular weight is 268 g/mol. The molecule has 2 rings (SSSR count). The van der Waals surface area contributed by atoms with Crippen molar-refractivity contribution in [2.24, 2.45) is 0 Å². The second-order valence-corrected chi connectivity index (χ2v) is 6.40. The van der Waals surface area contributed by atoms with Gasteiger partial charge in [-0.2, -0.15) is 0 Å². The molecule has 4 nitrogen and oxygen atoms in total. The standard InChI is InChI=1S/C13H24N4S/c1-5-6-12-14-15-13(18-12)16-7-8-17(10(2)3)11(4)9-16/h10-11H,5-9H2,1-4H3/t11-/m0/s1. The largest absolute Gasteiger partial charge is 0.344 e. The highest BCUT2D eigenvalue weighted by atomic mass is 32.1. The van der Waals surface area contributed by atoms with Gasteiger partial charge in [-0.05, 0) is 27.2 Å². The Hall–Kier alpha value is -0.680. The predicted molar refractivity (Wildman–Crippen MR) is 77.4 cm³/mol. The first-order valence-electron chi connectivity index (χ1n) is 6.95. The SMILES string of the molecule is CCCc1nnc(N2CCN(C(C)C)[C@@H](C)C2)s1. The van der Waals surface area contributed by atoms with Gasteiger partial charge >= 0.3 is 0 Å². The Balaban J connectivity index is 1.98. The van der Waals surface area contributed by atoms with Crippen LogP contribution in [0.5, 0.6) is 0 Å². The van der Waals surface area contributed by atoms with Crippen LogP contribution in [0.2, 0.25) is 0 Å². The van der Waals surface area contributed by atoms with Gasteiger partial charge in [0.1, 0.15) is 5.01 Å². The first-order valence-corrected chi connectivity index (χ1v) is 7.76. The number of piperazine rings is 1. The van der Waals surface area contributed by atoms with Crippen LogP contribution in [-0.2, 0) is 6.42 Å². The number of rotatable bonds is 4. The molecule has 0 unspecified atom stereocenters. The summed E-state index contributed by atoms with van der Waals surface area (Å²) >= 11 is 1.76. The number of hydrogen-bond donors (Lipinski definition) is 0. The van der Waals surface area contributed by atoms with Crippen molar-refractivity contribution in [3.05, 3.63) is 5.01 Å². The summed E-state index contributed by atoms with van der Waals surface area (Å²) in [6.07, 6.45) is 2.20. The molecule has 18 heavy (non-hydrogen) atoms. The topological polar surface area (TPSA) is 32.3 Å². The Morgan fingerprint density at radius 3 is 2.72 bits per heavy atom. The van der Waals surface area contributed by atoms with Crippen molar-refractivity contribution in [2.75, 3.05) is 24.5 Å². The normalized spacial score (nSPS) is 21.8. The molecule has 1 aromatic rings. The lowest BCUT2D eigenvalue weighted by atomic mass is 10.1. The lowest BCUT2D eigenvalue weighted by molar-refractivity contribution is 0.148. The zero-order valence-corrected chi connectivity index (χ0v) is 12.7. The van der Waals surface area contributed by atoms with E-state index in [0.29, 0.717) is 12.1 Å². The molecule has 0 amide bonds. The second-order valence-electron chi connectivity index (χ2n) is 5.35. The van der Waals surface area contributed by atoms with Crippen LogP contribution >= 0.6 is 11.3 Å². The van der Waals surface area contributed by atoms with Gasteiger partial charge in [-0.25, -0.2) is 0 Å². The third-order valence-electron chi connectivity index (χ3n) is 3.53. The molecule has 0 aliphatic carbocycles. The van der Waals surface area contributed by atoms with Crippen LogP contribution in [0.15, 0.2) is 0 Å². The van der Waals surface area contributed by atoms with Gasteiger partial charge in [0.05, 0.1) is 0 Å². The van der Waals surface area contributed by atoms with Crippen molar-refractivity contribution in [1.29, 1.82) is 0 Å². The van der Waals surface area contributed by atoms with E-state index in [-0.39, 0.29) is 0 Å². The predicted octanol–water partition coefficient (Wildman–Crippen LogP) is 2.41. The molecular weight excluding hydrogens is 244 g/mol. The molecule has 1 fully saturated rings. The minimum atomic E-state index is 0.595. The van der Waals surface area contributed by atoms with E-state index in [0.717, 1.165) is 37.6 Å². The van der Waals surface area contributed by atoms with Crippen LogP contribution in [-0.4, -0.2) is 46.8 Å². The minimum absolute atomic E-state index is 0.595. The summed E-state index contributed by atoms with van der Waals surface area (Å²) in [5.74, 6) is 0. The smallest absolute Gasteiger partial charge is 0.208 e. The van der Waals surface area contributed by atoms with Crippen LogP contribution in [0.3, 0.4) is 0 Å². The first kappa shape index (κ1) is 13.7. The van der Waals surface area contributed by atoms with Crippen molar-refractivity contribution in [1.82, 2.24) is 15.1 Å². The summed E-state index contributed by atoms with van der Waals surface area (Å²) in [6.45, 7) is 12.3. The molecule has 0 spiro atoms. The van der Waals surface area contributed by atoms with Crippen LogP contribution in [0.4, 0.5) is 5.13 Å². The molecule has 1 aliphatic rings. The number of anilines is 1. The third-order valence-corrected chi connectivity index (χ3v) is 4.58. The van der Waals surface area contributed by atoms with E-state index in [1.165, 1.54) is 5.01 Å². The van der Waals surface area contributed by atoms with Gasteiger partial charge in [-0.1, -0.05) is 18.3 Å². The van der Waals surface area contributed by atoms with Crippen molar-refractivity contribution in [3.63, 3.8) is 0 Å². The molecule has 2 heterocycles. The number of hydrogen-bond acceptors (Lipinski definition) is 5. The Morgan fingerprint density at radius 2 is 2.11 bits per heavy atom. The van der Waals surface area contributed by atoms with Gasteiger partial charge in [0, 0.05) is 38.1 Å². The van der Waals surface area contributed by atoms with Gasteiger partial charge in [0.25, 0.3) is 0 Å². The second kappa shape index (κ2) is 5.97. The molecule has 0 N–H and O–H groups in total. The monoisotopic (exact) mass is 268 g/mol. The van der Waals surface area contributed by atoms with Crippen molar-refractivity contribution >= 4 is 16.5 Å². The average Bonchev–Trinajstić information content (AvgIpc) is 2.77. The molecule has 1 aliphatic heterocycles. The number of aryl methyl sites for hydroxylation is 1. The van der Waals surface area contributed by atoms with E-state index >= 15 is 0 Å². The van der Waals surface area contributed by atoms with Gasteiger partial charge in [-0.3, -0.25) is 4.90 Å². The fraction of sp³-hybridized carbons (Fsp3) is 0.846. The van der Waals surface area contributed by atoms with Gasteiger partial charge in [0.2, 0.25) is 5.13 Å². The number of aromatic nitrogens is 2. The fourth-order valence-corrected chi connectivity index (χ4v) is 3.58. The summed E-state index contributed by atoms with van der Waals surface area (Å²) in [6, 6.07) is 1.23. The summed E-state index contributed by atoms with van der Waals surface area (Å²) in [5, 5.41) is 10.9. The van der Waals surface area contributed by atoms with Crippen molar-refractivity contribution < 1.29 is 0 Å². The minimum Gasteiger partial charge on any atom is -0.344 e. The van der Waals surface area contributed by atoms with Gasteiger partial charge in [-0.15, -0.1) is 10.2 Å². The van der Waals surface area contributed by atoms with E-state index in [1.807, 2.05) is 0 Å². The lowest BCUT2D eigenvalue weighted by Gasteiger charge is -2.41. The van der Waals surface area contributed by atoms with Crippen LogP contribution in [0, 0.1) is 0 Å². The maximum atomic E-state index is 4.34. The highest BCUT2D eigenvalue weighted by Crippen LogP contribution is 2.24. The first-order chi connectivity index (χ1) is 8.61. The highest BCUT2D eigenvalue weighted by Gasteiger charge is 2.27. The Morgan fingerprint density at radius 1 is 1.33 bits per heavy atom.